The molecule has 1 aliphatic rings. The molecule has 0 saturated carbocycles. The summed E-state index contributed by atoms with van der Waals surface area (Å²) in [5.41, 5.74) is 0.590. The molecule has 3 rings (SSSR count). The minimum atomic E-state index is -0.662. The molecular weight excluding hydrogens is 286 g/mol. The molecule has 2 atom stereocenters. The van der Waals surface area contributed by atoms with Crippen LogP contribution >= 0.6 is 11.6 Å². The van der Waals surface area contributed by atoms with E-state index in [9.17, 15) is 8.78 Å². The number of benzene rings is 1. The minimum Gasteiger partial charge on any atom is -0.376 e. The molecule has 0 bridgehead atoms. The van der Waals surface area contributed by atoms with Crippen molar-refractivity contribution >= 4 is 22.6 Å². The number of imidazole rings is 1. The molecular formula is C14H15ClF2N2O. The van der Waals surface area contributed by atoms with E-state index >= 15 is 0 Å². The molecule has 108 valence electrons. The number of hydrogen-bond donors (Lipinski definition) is 0. The molecule has 2 aromatic rings. The number of halogens is 3. The van der Waals surface area contributed by atoms with Crippen LogP contribution in [-0.2, 0) is 11.3 Å². The Morgan fingerprint density at radius 3 is 2.95 bits per heavy atom. The normalized spacial score (nSPS) is 20.7. The summed E-state index contributed by atoms with van der Waals surface area (Å²) in [4.78, 5) is 4.23. The molecule has 2 unspecified atom stereocenters. The molecule has 0 amide bonds. The molecule has 0 N–H and O–H groups in total. The molecule has 1 saturated heterocycles. The Morgan fingerprint density at radius 2 is 2.30 bits per heavy atom. The Kier molecular flexibility index (Phi) is 3.65. The Labute approximate surface area is 120 Å². The summed E-state index contributed by atoms with van der Waals surface area (Å²) in [5, 5.41) is -0.383. The summed E-state index contributed by atoms with van der Waals surface area (Å²) in [6.07, 6.45) is 1.99. The molecule has 1 aliphatic heterocycles. The third-order valence-corrected chi connectivity index (χ3v) is 3.76. The third-order valence-electron chi connectivity index (χ3n) is 3.57. The predicted molar refractivity (Wildman–Crippen MR) is 72.9 cm³/mol. The van der Waals surface area contributed by atoms with E-state index in [1.54, 1.807) is 11.5 Å². The highest BCUT2D eigenvalue weighted by Gasteiger charge is 2.23. The van der Waals surface area contributed by atoms with E-state index in [1.807, 2.05) is 0 Å². The van der Waals surface area contributed by atoms with Gasteiger partial charge < -0.3 is 9.30 Å². The highest BCUT2D eigenvalue weighted by atomic mass is 35.5. The molecule has 3 nitrogen and oxygen atoms in total. The fraction of sp³-hybridized carbons (Fsp3) is 0.500. The number of aromatic nitrogens is 2. The quantitative estimate of drug-likeness (QED) is 0.806. The molecule has 0 spiro atoms. The first-order valence-electron chi connectivity index (χ1n) is 6.67. The van der Waals surface area contributed by atoms with Crippen LogP contribution in [0.4, 0.5) is 8.78 Å². The van der Waals surface area contributed by atoms with Gasteiger partial charge in [0, 0.05) is 12.7 Å². The van der Waals surface area contributed by atoms with Gasteiger partial charge in [-0.1, -0.05) is 0 Å². The minimum absolute atomic E-state index is 0.0490. The zero-order valence-corrected chi connectivity index (χ0v) is 11.8. The van der Waals surface area contributed by atoms with Gasteiger partial charge in [-0.3, -0.25) is 0 Å². The van der Waals surface area contributed by atoms with E-state index in [0.29, 0.717) is 17.9 Å². The van der Waals surface area contributed by atoms with E-state index in [-0.39, 0.29) is 17.0 Å². The van der Waals surface area contributed by atoms with E-state index < -0.39 is 11.6 Å². The highest BCUT2D eigenvalue weighted by molar-refractivity contribution is 6.20. The van der Waals surface area contributed by atoms with Crippen LogP contribution in [0.25, 0.3) is 11.0 Å². The van der Waals surface area contributed by atoms with Gasteiger partial charge in [0.05, 0.1) is 23.5 Å². The van der Waals surface area contributed by atoms with Crippen molar-refractivity contribution in [2.75, 3.05) is 6.61 Å². The summed E-state index contributed by atoms with van der Waals surface area (Å²) in [6, 6.07) is 2.14. The zero-order chi connectivity index (χ0) is 14.3. The van der Waals surface area contributed by atoms with Gasteiger partial charge in [-0.15, -0.1) is 11.6 Å². The van der Waals surface area contributed by atoms with Crippen molar-refractivity contribution in [2.45, 2.75) is 37.8 Å². The van der Waals surface area contributed by atoms with Crippen molar-refractivity contribution in [3.63, 3.8) is 0 Å². The average molecular weight is 301 g/mol. The highest BCUT2D eigenvalue weighted by Crippen LogP contribution is 2.28. The number of ether oxygens (including phenoxy) is 1. The van der Waals surface area contributed by atoms with Gasteiger partial charge in [0.1, 0.15) is 17.2 Å². The van der Waals surface area contributed by atoms with Crippen molar-refractivity contribution < 1.29 is 13.5 Å². The summed E-state index contributed by atoms with van der Waals surface area (Å²) in [7, 11) is 0. The maximum atomic E-state index is 13.8. The Balaban J connectivity index is 2.12. The second-order valence-corrected chi connectivity index (χ2v) is 5.74. The van der Waals surface area contributed by atoms with Gasteiger partial charge in [0.15, 0.2) is 5.82 Å². The summed E-state index contributed by atoms with van der Waals surface area (Å²) in [5.74, 6) is -0.733. The van der Waals surface area contributed by atoms with Crippen molar-refractivity contribution in [3.8, 4) is 0 Å². The van der Waals surface area contributed by atoms with E-state index in [4.69, 9.17) is 16.3 Å². The average Bonchev–Trinajstić information content (AvgIpc) is 2.98. The van der Waals surface area contributed by atoms with Gasteiger partial charge in [0.25, 0.3) is 0 Å². The standard InChI is InChI=1S/C14H15ClF2N2O/c1-8(15)14-18-13-11(17)5-9(16)6-12(13)19(14)7-10-3-2-4-20-10/h5-6,8,10H,2-4,7H2,1H3. The van der Waals surface area contributed by atoms with Gasteiger partial charge in [0.2, 0.25) is 0 Å². The maximum Gasteiger partial charge on any atom is 0.153 e. The summed E-state index contributed by atoms with van der Waals surface area (Å²) >= 11 is 6.12. The van der Waals surface area contributed by atoms with Crippen LogP contribution in [0.5, 0.6) is 0 Å². The molecule has 1 aromatic carbocycles. The zero-order valence-electron chi connectivity index (χ0n) is 11.1. The molecule has 1 fully saturated rings. The predicted octanol–water partition coefficient (Wildman–Crippen LogP) is 3.79. The lowest BCUT2D eigenvalue weighted by Crippen LogP contribution is -2.17. The third kappa shape index (κ3) is 2.40. The topological polar surface area (TPSA) is 27.1 Å². The molecule has 0 radical (unpaired) electrons. The lowest BCUT2D eigenvalue weighted by Gasteiger charge is -2.15. The Morgan fingerprint density at radius 1 is 1.50 bits per heavy atom. The Bertz CT molecular complexity index is 636. The van der Waals surface area contributed by atoms with E-state index in [1.165, 1.54) is 6.07 Å². The van der Waals surface area contributed by atoms with Crippen molar-refractivity contribution in [2.24, 2.45) is 0 Å². The fourth-order valence-electron chi connectivity index (χ4n) is 2.65. The van der Waals surface area contributed by atoms with Crippen LogP contribution in [0.15, 0.2) is 12.1 Å². The smallest absolute Gasteiger partial charge is 0.153 e. The SMILES string of the molecule is CC(Cl)c1nc2c(F)cc(F)cc2n1CC1CCCO1. The van der Waals surface area contributed by atoms with Crippen molar-refractivity contribution in [1.29, 1.82) is 0 Å². The molecule has 20 heavy (non-hydrogen) atoms. The van der Waals surface area contributed by atoms with Crippen LogP contribution in [0.1, 0.15) is 31.0 Å². The van der Waals surface area contributed by atoms with Gasteiger partial charge in [-0.2, -0.15) is 0 Å². The largest absolute Gasteiger partial charge is 0.376 e. The lowest BCUT2D eigenvalue weighted by atomic mass is 10.2. The van der Waals surface area contributed by atoms with Gasteiger partial charge in [-0.05, 0) is 25.8 Å². The first kappa shape index (κ1) is 13.8. The second-order valence-electron chi connectivity index (χ2n) is 5.09. The van der Waals surface area contributed by atoms with Crippen LogP contribution in [-0.4, -0.2) is 22.3 Å². The number of fused-ring (bicyclic) bond motifs is 1. The number of rotatable bonds is 3. The van der Waals surface area contributed by atoms with Gasteiger partial charge in [-0.25, -0.2) is 13.8 Å². The van der Waals surface area contributed by atoms with Crippen LogP contribution in [0, 0.1) is 11.6 Å². The maximum absolute atomic E-state index is 13.8. The van der Waals surface area contributed by atoms with Gasteiger partial charge >= 0.3 is 0 Å². The number of nitrogens with zero attached hydrogens (tertiary/aromatic N) is 2. The van der Waals surface area contributed by atoms with E-state index in [0.717, 1.165) is 25.5 Å². The first-order valence-corrected chi connectivity index (χ1v) is 7.10. The van der Waals surface area contributed by atoms with Crippen LogP contribution in [0.3, 0.4) is 0 Å². The van der Waals surface area contributed by atoms with Crippen LogP contribution in [0.2, 0.25) is 0 Å². The summed E-state index contributed by atoms with van der Waals surface area (Å²) < 4.78 is 34.6. The van der Waals surface area contributed by atoms with Crippen molar-refractivity contribution in [1.82, 2.24) is 9.55 Å². The summed E-state index contributed by atoms with van der Waals surface area (Å²) in [6.45, 7) is 3.01. The monoisotopic (exact) mass is 300 g/mol. The molecule has 2 heterocycles. The molecule has 6 heteroatoms. The van der Waals surface area contributed by atoms with Crippen LogP contribution < -0.4 is 0 Å². The second kappa shape index (κ2) is 5.30. The first-order chi connectivity index (χ1) is 9.56. The van der Waals surface area contributed by atoms with E-state index in [2.05, 4.69) is 4.98 Å². The lowest BCUT2D eigenvalue weighted by molar-refractivity contribution is 0.0972. The molecule has 1 aromatic heterocycles. The number of hydrogen-bond acceptors (Lipinski definition) is 2. The Hall–Kier alpha value is -1.20. The number of alkyl halides is 1. The molecule has 0 aliphatic carbocycles. The fourth-order valence-corrected chi connectivity index (χ4v) is 2.82. The van der Waals surface area contributed by atoms with Crippen molar-refractivity contribution in [3.05, 3.63) is 29.6 Å².